The lowest BCUT2D eigenvalue weighted by molar-refractivity contribution is 0.0740. The summed E-state index contributed by atoms with van der Waals surface area (Å²) in [6.07, 6.45) is 0.575. The molecular formula is C27H23FN2O4. The molecule has 7 heteroatoms. The number of halogens is 1. The van der Waals surface area contributed by atoms with Gasteiger partial charge < -0.3 is 19.4 Å². The summed E-state index contributed by atoms with van der Waals surface area (Å²) in [6.45, 7) is 2.51. The summed E-state index contributed by atoms with van der Waals surface area (Å²) in [5, 5.41) is 0.760. The third kappa shape index (κ3) is 4.37. The fourth-order valence-electron chi connectivity index (χ4n) is 4.15. The van der Waals surface area contributed by atoms with Crippen LogP contribution in [0.1, 0.15) is 27.0 Å². The average molecular weight is 458 g/mol. The minimum Gasteiger partial charge on any atom is -0.454 e. The van der Waals surface area contributed by atoms with E-state index in [0.717, 1.165) is 16.5 Å². The molecule has 0 unspecified atom stereocenters. The molecule has 1 N–H and O–H groups in total. The lowest BCUT2D eigenvalue weighted by atomic mass is 10.1. The lowest BCUT2D eigenvalue weighted by Crippen LogP contribution is -2.35. The van der Waals surface area contributed by atoms with Gasteiger partial charge in [-0.15, -0.1) is 0 Å². The first-order valence-electron chi connectivity index (χ1n) is 11.0. The predicted molar refractivity (Wildman–Crippen MR) is 127 cm³/mol. The maximum absolute atomic E-state index is 14.4. The van der Waals surface area contributed by atoms with E-state index in [-0.39, 0.29) is 24.5 Å². The maximum atomic E-state index is 14.4. The van der Waals surface area contributed by atoms with Gasteiger partial charge in [0.25, 0.3) is 11.5 Å². The van der Waals surface area contributed by atoms with Crippen LogP contribution < -0.4 is 15.0 Å². The van der Waals surface area contributed by atoms with Gasteiger partial charge in [0.15, 0.2) is 11.5 Å². The minimum atomic E-state index is -0.590. The molecule has 0 atom stereocenters. The molecule has 6 nitrogen and oxygen atoms in total. The van der Waals surface area contributed by atoms with Crippen molar-refractivity contribution in [1.29, 1.82) is 0 Å². The van der Waals surface area contributed by atoms with Gasteiger partial charge in [-0.3, -0.25) is 9.59 Å². The number of H-pyrrole nitrogens is 1. The zero-order chi connectivity index (χ0) is 23.7. The van der Waals surface area contributed by atoms with E-state index in [9.17, 15) is 14.0 Å². The predicted octanol–water partition coefficient (Wildman–Crippen LogP) is 4.59. The molecule has 1 aliphatic rings. The number of hydrogen-bond acceptors (Lipinski definition) is 4. The van der Waals surface area contributed by atoms with E-state index in [1.54, 1.807) is 30.3 Å². The summed E-state index contributed by atoms with van der Waals surface area (Å²) in [5.74, 6) is 0.124. The monoisotopic (exact) mass is 458 g/mol. The van der Waals surface area contributed by atoms with E-state index in [4.69, 9.17) is 9.47 Å². The number of aromatic nitrogens is 1. The minimum absolute atomic E-state index is 0.0210. The largest absolute Gasteiger partial charge is 0.454 e. The molecule has 0 saturated carbocycles. The summed E-state index contributed by atoms with van der Waals surface area (Å²) >= 11 is 0. The molecule has 0 saturated heterocycles. The number of nitrogens with zero attached hydrogens (tertiary/aromatic N) is 1. The molecule has 1 aliphatic heterocycles. The Labute approximate surface area is 195 Å². The Morgan fingerprint density at radius 2 is 1.82 bits per heavy atom. The fraction of sp³-hybridized carbons (Fsp3) is 0.185. The van der Waals surface area contributed by atoms with Crippen molar-refractivity contribution in [2.24, 2.45) is 0 Å². The molecule has 172 valence electrons. The van der Waals surface area contributed by atoms with Crippen LogP contribution in [0, 0.1) is 12.7 Å². The Bertz CT molecular complexity index is 1450. The molecule has 1 aromatic heterocycles. The number of aryl methyl sites for hydroxylation is 1. The Kier molecular flexibility index (Phi) is 5.76. The van der Waals surface area contributed by atoms with Gasteiger partial charge in [-0.25, -0.2) is 4.39 Å². The van der Waals surface area contributed by atoms with E-state index in [1.807, 2.05) is 25.1 Å². The van der Waals surface area contributed by atoms with Crippen molar-refractivity contribution in [2.75, 3.05) is 13.3 Å². The second-order valence-corrected chi connectivity index (χ2v) is 8.36. The van der Waals surface area contributed by atoms with Crippen LogP contribution in [0.15, 0.2) is 71.5 Å². The number of amides is 1. The molecule has 0 bridgehead atoms. The normalized spacial score (nSPS) is 12.2. The van der Waals surface area contributed by atoms with Gasteiger partial charge in [0.2, 0.25) is 6.79 Å². The zero-order valence-corrected chi connectivity index (χ0v) is 18.6. The van der Waals surface area contributed by atoms with Crippen LogP contribution in [-0.4, -0.2) is 29.1 Å². The molecule has 5 rings (SSSR count). The Balaban J connectivity index is 1.48. The number of carbonyl (C=O) groups is 1. The first kappa shape index (κ1) is 21.7. The highest BCUT2D eigenvalue weighted by molar-refractivity contribution is 5.94. The quantitative estimate of drug-likeness (QED) is 0.459. The summed E-state index contributed by atoms with van der Waals surface area (Å²) in [7, 11) is 0. The van der Waals surface area contributed by atoms with Crippen LogP contribution in [0.3, 0.4) is 0 Å². The van der Waals surface area contributed by atoms with Gasteiger partial charge in [0.1, 0.15) is 5.82 Å². The maximum Gasteiger partial charge on any atom is 0.257 e. The topological polar surface area (TPSA) is 71.6 Å². The first-order valence-corrected chi connectivity index (χ1v) is 11.0. The van der Waals surface area contributed by atoms with E-state index in [0.29, 0.717) is 35.5 Å². The second kappa shape index (κ2) is 9.02. The Hall–Kier alpha value is -4.13. The van der Waals surface area contributed by atoms with Crippen LogP contribution >= 0.6 is 0 Å². The van der Waals surface area contributed by atoms with Crippen molar-refractivity contribution in [1.82, 2.24) is 9.88 Å². The fourth-order valence-corrected chi connectivity index (χ4v) is 4.15. The molecule has 0 aliphatic carbocycles. The number of hydrogen-bond donors (Lipinski definition) is 1. The summed E-state index contributed by atoms with van der Waals surface area (Å²) in [6, 6.07) is 19.2. The van der Waals surface area contributed by atoms with Crippen molar-refractivity contribution < 1.29 is 18.7 Å². The average Bonchev–Trinajstić information content (AvgIpc) is 3.28. The van der Waals surface area contributed by atoms with Crippen LogP contribution in [0.5, 0.6) is 11.5 Å². The highest BCUT2D eigenvalue weighted by atomic mass is 19.1. The van der Waals surface area contributed by atoms with Gasteiger partial charge in [-0.2, -0.15) is 0 Å². The number of pyridine rings is 1. The van der Waals surface area contributed by atoms with Crippen molar-refractivity contribution in [3.8, 4) is 11.5 Å². The number of aromatic amines is 1. The standard InChI is InChI=1S/C27H23FN2O4/c1-17-5-4-6-18(11-17)9-10-30(27(32)21-7-2-3-8-22(21)28)15-20-12-19-13-24-25(34-16-33-24)14-23(19)29-26(20)31/h2-8,11-14H,9-10,15-16H2,1H3,(H,29,31). The molecular weight excluding hydrogens is 435 g/mol. The van der Waals surface area contributed by atoms with E-state index >= 15 is 0 Å². The van der Waals surface area contributed by atoms with E-state index < -0.39 is 11.7 Å². The van der Waals surface area contributed by atoms with Gasteiger partial charge in [0, 0.05) is 23.6 Å². The number of nitrogens with one attached hydrogen (secondary N) is 1. The lowest BCUT2D eigenvalue weighted by Gasteiger charge is -2.23. The van der Waals surface area contributed by atoms with Crippen molar-refractivity contribution >= 4 is 16.8 Å². The third-order valence-electron chi connectivity index (χ3n) is 5.92. The van der Waals surface area contributed by atoms with Crippen molar-refractivity contribution in [2.45, 2.75) is 19.9 Å². The number of carbonyl (C=O) groups excluding carboxylic acids is 1. The number of benzene rings is 3. The smallest absolute Gasteiger partial charge is 0.257 e. The molecule has 4 aromatic rings. The SMILES string of the molecule is Cc1cccc(CCN(Cc2cc3cc4c(cc3[nH]c2=O)OCO4)C(=O)c2ccccc2F)c1. The first-order chi connectivity index (χ1) is 16.5. The molecule has 34 heavy (non-hydrogen) atoms. The number of fused-ring (bicyclic) bond motifs is 2. The van der Waals surface area contributed by atoms with Gasteiger partial charge in [-0.1, -0.05) is 42.0 Å². The second-order valence-electron chi connectivity index (χ2n) is 8.36. The molecule has 0 radical (unpaired) electrons. The summed E-state index contributed by atoms with van der Waals surface area (Å²) in [5.41, 5.74) is 2.87. The number of rotatable bonds is 6. The third-order valence-corrected chi connectivity index (χ3v) is 5.92. The van der Waals surface area contributed by atoms with Crippen LogP contribution in [0.2, 0.25) is 0 Å². The Morgan fingerprint density at radius 3 is 2.62 bits per heavy atom. The van der Waals surface area contributed by atoms with E-state index in [1.165, 1.54) is 17.0 Å². The van der Waals surface area contributed by atoms with Gasteiger partial charge in [0.05, 0.1) is 17.6 Å². The molecule has 1 amide bonds. The van der Waals surface area contributed by atoms with Gasteiger partial charge in [-0.05, 0) is 43.2 Å². The van der Waals surface area contributed by atoms with Crippen LogP contribution in [-0.2, 0) is 13.0 Å². The molecule has 3 aromatic carbocycles. The molecule has 0 spiro atoms. The number of ether oxygens (including phenoxy) is 2. The highest BCUT2D eigenvalue weighted by Gasteiger charge is 2.21. The summed E-state index contributed by atoms with van der Waals surface area (Å²) < 4.78 is 25.3. The Morgan fingerprint density at radius 1 is 1.03 bits per heavy atom. The van der Waals surface area contributed by atoms with Crippen molar-refractivity contribution in [3.63, 3.8) is 0 Å². The van der Waals surface area contributed by atoms with Crippen LogP contribution in [0.4, 0.5) is 4.39 Å². The van der Waals surface area contributed by atoms with Crippen LogP contribution in [0.25, 0.3) is 10.9 Å². The van der Waals surface area contributed by atoms with Gasteiger partial charge >= 0.3 is 0 Å². The molecule has 0 fully saturated rings. The van der Waals surface area contributed by atoms with Crippen molar-refractivity contribution in [3.05, 3.63) is 105 Å². The highest BCUT2D eigenvalue weighted by Crippen LogP contribution is 2.35. The summed E-state index contributed by atoms with van der Waals surface area (Å²) in [4.78, 5) is 30.6. The zero-order valence-electron chi connectivity index (χ0n) is 18.6. The molecule has 2 heterocycles. The van der Waals surface area contributed by atoms with E-state index in [2.05, 4.69) is 11.1 Å².